The van der Waals surface area contributed by atoms with E-state index in [1.807, 2.05) is 12.1 Å². The third-order valence-electron chi connectivity index (χ3n) is 4.64. The van der Waals surface area contributed by atoms with Crippen molar-refractivity contribution >= 4 is 11.6 Å². The SMILES string of the molecule is CC1CC1CN(C)C(C)(CN)Cc1ccc(Cl)cc1. The lowest BCUT2D eigenvalue weighted by Crippen LogP contribution is -2.52. The molecule has 0 amide bonds. The molecule has 1 aromatic rings. The summed E-state index contributed by atoms with van der Waals surface area (Å²) < 4.78 is 0. The summed E-state index contributed by atoms with van der Waals surface area (Å²) in [6.07, 6.45) is 2.34. The van der Waals surface area contributed by atoms with Gasteiger partial charge in [-0.3, -0.25) is 4.90 Å². The minimum atomic E-state index is 0.0239. The van der Waals surface area contributed by atoms with Gasteiger partial charge in [0.1, 0.15) is 0 Å². The summed E-state index contributed by atoms with van der Waals surface area (Å²) in [6.45, 7) is 6.42. The molecular formula is C16H25ClN2. The Bertz CT molecular complexity index is 417. The first kappa shape index (κ1) is 14.8. The molecule has 2 nitrogen and oxygen atoms in total. The molecule has 0 aromatic heterocycles. The maximum absolute atomic E-state index is 6.05. The lowest BCUT2D eigenvalue weighted by molar-refractivity contribution is 0.136. The summed E-state index contributed by atoms with van der Waals surface area (Å²) in [6, 6.07) is 8.11. The number of nitrogens with zero attached hydrogens (tertiary/aromatic N) is 1. The van der Waals surface area contributed by atoms with Crippen molar-refractivity contribution in [2.75, 3.05) is 20.1 Å². The quantitative estimate of drug-likeness (QED) is 0.867. The highest BCUT2D eigenvalue weighted by molar-refractivity contribution is 6.30. The summed E-state index contributed by atoms with van der Waals surface area (Å²) in [7, 11) is 2.20. The molecule has 2 rings (SSSR count). The number of hydrogen-bond acceptors (Lipinski definition) is 2. The summed E-state index contributed by atoms with van der Waals surface area (Å²) in [5.41, 5.74) is 7.37. The highest BCUT2D eigenvalue weighted by atomic mass is 35.5. The molecule has 1 aromatic carbocycles. The van der Waals surface area contributed by atoms with Gasteiger partial charge in [-0.25, -0.2) is 0 Å². The minimum absolute atomic E-state index is 0.0239. The van der Waals surface area contributed by atoms with Crippen molar-refractivity contribution in [3.63, 3.8) is 0 Å². The molecule has 3 unspecified atom stereocenters. The van der Waals surface area contributed by atoms with Crippen LogP contribution in [0.2, 0.25) is 5.02 Å². The monoisotopic (exact) mass is 280 g/mol. The standard InChI is InChI=1S/C16H25ClN2/c1-12-8-14(12)10-19(3)16(2,11-18)9-13-4-6-15(17)7-5-13/h4-7,12,14H,8-11,18H2,1-3H3. The van der Waals surface area contributed by atoms with Gasteiger partial charge in [-0.2, -0.15) is 0 Å². The molecule has 2 N–H and O–H groups in total. The van der Waals surface area contributed by atoms with Gasteiger partial charge in [0.05, 0.1) is 0 Å². The average Bonchev–Trinajstić information content (AvgIpc) is 3.07. The average molecular weight is 281 g/mol. The lowest BCUT2D eigenvalue weighted by Gasteiger charge is -2.38. The smallest absolute Gasteiger partial charge is 0.0406 e. The number of halogens is 1. The van der Waals surface area contributed by atoms with Crippen molar-refractivity contribution in [2.24, 2.45) is 17.6 Å². The molecule has 0 bridgehead atoms. The Morgan fingerprint density at radius 3 is 2.42 bits per heavy atom. The van der Waals surface area contributed by atoms with Gasteiger partial charge in [0.25, 0.3) is 0 Å². The van der Waals surface area contributed by atoms with Crippen molar-refractivity contribution in [1.29, 1.82) is 0 Å². The van der Waals surface area contributed by atoms with Crippen LogP contribution in [0.5, 0.6) is 0 Å². The molecular weight excluding hydrogens is 256 g/mol. The van der Waals surface area contributed by atoms with Crippen LogP contribution in [0, 0.1) is 11.8 Å². The number of nitrogens with two attached hydrogens (primary N) is 1. The number of likely N-dealkylation sites (N-methyl/N-ethyl adjacent to an activating group) is 1. The van der Waals surface area contributed by atoms with Gasteiger partial charge in [-0.15, -0.1) is 0 Å². The first-order valence-corrected chi connectivity index (χ1v) is 7.48. The number of benzene rings is 1. The molecule has 3 atom stereocenters. The Morgan fingerprint density at radius 2 is 1.95 bits per heavy atom. The van der Waals surface area contributed by atoms with Crippen molar-refractivity contribution in [3.05, 3.63) is 34.9 Å². The van der Waals surface area contributed by atoms with Gasteiger partial charge < -0.3 is 5.73 Å². The normalized spacial score (nSPS) is 25.4. The van der Waals surface area contributed by atoms with Gasteiger partial charge >= 0.3 is 0 Å². The van der Waals surface area contributed by atoms with Crippen LogP contribution in [0.3, 0.4) is 0 Å². The molecule has 3 heteroatoms. The number of hydrogen-bond donors (Lipinski definition) is 1. The van der Waals surface area contributed by atoms with Crippen LogP contribution in [0.4, 0.5) is 0 Å². The van der Waals surface area contributed by atoms with Gasteiger partial charge in [0, 0.05) is 23.7 Å². The second-order valence-electron chi connectivity index (χ2n) is 6.36. The van der Waals surface area contributed by atoms with Gasteiger partial charge in [-0.05, 0) is 56.3 Å². The molecule has 1 fully saturated rings. The highest BCUT2D eigenvalue weighted by Crippen LogP contribution is 2.39. The highest BCUT2D eigenvalue weighted by Gasteiger charge is 2.37. The second-order valence-corrected chi connectivity index (χ2v) is 6.79. The fraction of sp³-hybridized carbons (Fsp3) is 0.625. The van der Waals surface area contributed by atoms with E-state index in [0.29, 0.717) is 6.54 Å². The van der Waals surface area contributed by atoms with E-state index in [4.69, 9.17) is 17.3 Å². The number of rotatable bonds is 6. The van der Waals surface area contributed by atoms with Crippen molar-refractivity contribution < 1.29 is 0 Å². The predicted molar refractivity (Wildman–Crippen MR) is 82.5 cm³/mol. The van der Waals surface area contributed by atoms with Crippen LogP contribution in [0.15, 0.2) is 24.3 Å². The first-order chi connectivity index (χ1) is 8.94. The third-order valence-corrected chi connectivity index (χ3v) is 4.90. The maximum Gasteiger partial charge on any atom is 0.0406 e. The molecule has 0 heterocycles. The van der Waals surface area contributed by atoms with Crippen LogP contribution in [-0.4, -0.2) is 30.6 Å². The fourth-order valence-corrected chi connectivity index (χ4v) is 2.76. The Balaban J connectivity index is 2.01. The maximum atomic E-state index is 6.05. The molecule has 0 saturated heterocycles. The van der Waals surface area contributed by atoms with E-state index in [0.717, 1.165) is 29.8 Å². The summed E-state index contributed by atoms with van der Waals surface area (Å²) in [4.78, 5) is 2.44. The second kappa shape index (κ2) is 5.82. The van der Waals surface area contributed by atoms with E-state index in [-0.39, 0.29) is 5.54 Å². The zero-order valence-corrected chi connectivity index (χ0v) is 13.0. The van der Waals surface area contributed by atoms with Crippen LogP contribution in [0.25, 0.3) is 0 Å². The van der Waals surface area contributed by atoms with Crippen molar-refractivity contribution in [2.45, 2.75) is 32.2 Å². The molecule has 1 aliphatic carbocycles. The Kier molecular flexibility index (Phi) is 4.54. The predicted octanol–water partition coefficient (Wildman–Crippen LogP) is 3.19. The van der Waals surface area contributed by atoms with E-state index in [9.17, 15) is 0 Å². The summed E-state index contributed by atoms with van der Waals surface area (Å²) in [5, 5.41) is 0.790. The molecule has 0 spiro atoms. The Labute approximate surface area is 121 Å². The summed E-state index contributed by atoms with van der Waals surface area (Å²) >= 11 is 5.94. The van der Waals surface area contributed by atoms with Crippen LogP contribution in [-0.2, 0) is 6.42 Å². The molecule has 0 aliphatic heterocycles. The minimum Gasteiger partial charge on any atom is -0.329 e. The van der Waals surface area contributed by atoms with Crippen LogP contribution in [0.1, 0.15) is 25.8 Å². The van der Waals surface area contributed by atoms with Gasteiger partial charge in [0.15, 0.2) is 0 Å². The first-order valence-electron chi connectivity index (χ1n) is 7.10. The Morgan fingerprint density at radius 1 is 1.37 bits per heavy atom. The zero-order chi connectivity index (χ0) is 14.0. The van der Waals surface area contributed by atoms with Crippen molar-refractivity contribution in [3.8, 4) is 0 Å². The zero-order valence-electron chi connectivity index (χ0n) is 12.2. The molecule has 19 heavy (non-hydrogen) atoms. The van der Waals surface area contributed by atoms with Crippen LogP contribution >= 0.6 is 11.6 Å². The van der Waals surface area contributed by atoms with E-state index in [1.54, 1.807) is 0 Å². The largest absolute Gasteiger partial charge is 0.329 e. The summed E-state index contributed by atoms with van der Waals surface area (Å²) in [5.74, 6) is 1.75. The lowest BCUT2D eigenvalue weighted by atomic mass is 9.91. The fourth-order valence-electron chi connectivity index (χ4n) is 2.63. The molecule has 0 radical (unpaired) electrons. The van der Waals surface area contributed by atoms with E-state index in [2.05, 4.69) is 37.9 Å². The third kappa shape index (κ3) is 3.71. The van der Waals surface area contributed by atoms with Crippen molar-refractivity contribution in [1.82, 2.24) is 4.90 Å². The van der Waals surface area contributed by atoms with E-state index < -0.39 is 0 Å². The van der Waals surface area contributed by atoms with Crippen LogP contribution < -0.4 is 5.73 Å². The Hall–Kier alpha value is -0.570. The van der Waals surface area contributed by atoms with E-state index >= 15 is 0 Å². The van der Waals surface area contributed by atoms with Gasteiger partial charge in [0.2, 0.25) is 0 Å². The molecule has 106 valence electrons. The topological polar surface area (TPSA) is 29.3 Å². The van der Waals surface area contributed by atoms with Gasteiger partial charge in [-0.1, -0.05) is 30.7 Å². The van der Waals surface area contributed by atoms with E-state index in [1.165, 1.54) is 12.0 Å². The molecule has 1 saturated carbocycles. The molecule has 1 aliphatic rings.